The second-order valence-corrected chi connectivity index (χ2v) is 6.71. The smallest absolute Gasteiger partial charge is 0.324 e. The van der Waals surface area contributed by atoms with Crippen LogP contribution in [0.15, 0.2) is 29.7 Å². The number of carbonyl (C=O) groups excluding carboxylic acids is 2. The summed E-state index contributed by atoms with van der Waals surface area (Å²) in [7, 11) is -3.91. The fourth-order valence-corrected chi connectivity index (χ4v) is 2.19. The zero-order valence-corrected chi connectivity index (χ0v) is 12.9. The predicted molar refractivity (Wildman–Crippen MR) is 81.8 cm³/mol. The highest BCUT2D eigenvalue weighted by Crippen LogP contribution is 2.18. The van der Waals surface area contributed by atoms with Crippen molar-refractivity contribution in [3.63, 3.8) is 0 Å². The first-order valence-corrected chi connectivity index (χ1v) is 8.34. The molecule has 0 heterocycles. The van der Waals surface area contributed by atoms with Gasteiger partial charge in [-0.15, -0.1) is 4.83 Å². The van der Waals surface area contributed by atoms with Crippen LogP contribution in [-0.4, -0.2) is 26.3 Å². The van der Waals surface area contributed by atoms with Crippen molar-refractivity contribution in [2.45, 2.75) is 18.9 Å². The number of benzene rings is 1. The van der Waals surface area contributed by atoms with Crippen LogP contribution in [0.5, 0.6) is 0 Å². The van der Waals surface area contributed by atoms with Crippen LogP contribution in [0.25, 0.3) is 6.08 Å². The van der Waals surface area contributed by atoms with Crippen molar-refractivity contribution >= 4 is 39.5 Å². The van der Waals surface area contributed by atoms with Crippen molar-refractivity contribution in [3.05, 3.63) is 40.3 Å². The van der Waals surface area contributed by atoms with E-state index in [0.717, 1.165) is 18.2 Å². The van der Waals surface area contributed by atoms with E-state index in [1.54, 1.807) is 24.3 Å². The van der Waals surface area contributed by atoms with Gasteiger partial charge >= 0.3 is 11.8 Å². The molecule has 0 aliphatic heterocycles. The van der Waals surface area contributed by atoms with E-state index < -0.39 is 21.8 Å². The van der Waals surface area contributed by atoms with E-state index in [4.69, 9.17) is 11.6 Å². The number of halogens is 1. The van der Waals surface area contributed by atoms with Crippen LogP contribution in [0, 0.1) is 0 Å². The SMILES string of the molecule is O=C(NNS(=O)(=O)/C=C/c1ccc(Cl)cc1)C(=O)NC1CC1. The molecule has 9 heteroatoms. The van der Waals surface area contributed by atoms with Crippen molar-refractivity contribution < 1.29 is 18.0 Å². The Hall–Kier alpha value is -1.90. The standard InChI is InChI=1S/C13H14ClN3O4S/c14-10-3-1-9(2-4-10)7-8-22(20,21)17-16-13(19)12(18)15-11-5-6-11/h1-4,7-8,11,17H,5-6H2,(H,15,18)(H,16,19)/b8-7+. The second kappa shape index (κ2) is 6.91. The molecular weight excluding hydrogens is 330 g/mol. The number of hydrazine groups is 1. The predicted octanol–water partition coefficient (Wildman–Crippen LogP) is 0.540. The van der Waals surface area contributed by atoms with Gasteiger partial charge in [-0.25, -0.2) is 8.42 Å². The summed E-state index contributed by atoms with van der Waals surface area (Å²) >= 11 is 5.72. The van der Waals surface area contributed by atoms with Crippen molar-refractivity contribution in [2.75, 3.05) is 0 Å². The minimum atomic E-state index is -3.91. The van der Waals surface area contributed by atoms with Gasteiger partial charge in [0.15, 0.2) is 0 Å². The van der Waals surface area contributed by atoms with E-state index in [9.17, 15) is 18.0 Å². The molecule has 7 nitrogen and oxygen atoms in total. The molecule has 1 saturated carbocycles. The van der Waals surface area contributed by atoms with E-state index >= 15 is 0 Å². The normalized spacial score (nSPS) is 14.8. The number of hydrogen-bond acceptors (Lipinski definition) is 4. The molecule has 0 spiro atoms. The van der Waals surface area contributed by atoms with Crippen molar-refractivity contribution in [3.8, 4) is 0 Å². The summed E-state index contributed by atoms with van der Waals surface area (Å²) in [6.07, 6.45) is 2.98. The summed E-state index contributed by atoms with van der Waals surface area (Å²) in [5.74, 6) is -1.93. The second-order valence-electron chi connectivity index (χ2n) is 4.70. The van der Waals surface area contributed by atoms with Crippen LogP contribution < -0.4 is 15.6 Å². The monoisotopic (exact) mass is 343 g/mol. The molecule has 0 aromatic heterocycles. The molecule has 1 aliphatic carbocycles. The third-order valence-electron chi connectivity index (χ3n) is 2.74. The van der Waals surface area contributed by atoms with Gasteiger partial charge in [-0.3, -0.25) is 15.0 Å². The summed E-state index contributed by atoms with van der Waals surface area (Å²) in [6.45, 7) is 0. The van der Waals surface area contributed by atoms with Crippen LogP contribution >= 0.6 is 11.6 Å². The van der Waals surface area contributed by atoms with Crippen LogP contribution in [-0.2, 0) is 19.6 Å². The number of rotatable bonds is 5. The lowest BCUT2D eigenvalue weighted by Gasteiger charge is -2.05. The lowest BCUT2D eigenvalue weighted by Crippen LogP contribution is -2.48. The molecule has 0 unspecified atom stereocenters. The zero-order chi connectivity index (χ0) is 16.2. The Kier molecular flexibility index (Phi) is 5.17. The first kappa shape index (κ1) is 16.5. The fourth-order valence-electron chi connectivity index (χ4n) is 1.43. The first-order valence-electron chi connectivity index (χ1n) is 6.42. The van der Waals surface area contributed by atoms with E-state index in [2.05, 4.69) is 5.32 Å². The number of amides is 2. The van der Waals surface area contributed by atoms with Gasteiger partial charge in [-0.05, 0) is 36.6 Å². The molecule has 1 aromatic carbocycles. The molecule has 1 aromatic rings. The number of carbonyl (C=O) groups is 2. The molecule has 0 saturated heterocycles. The van der Waals surface area contributed by atoms with E-state index in [0.29, 0.717) is 10.6 Å². The van der Waals surface area contributed by atoms with Crippen LogP contribution in [0.2, 0.25) is 5.02 Å². The molecule has 2 amide bonds. The average Bonchev–Trinajstić information content (AvgIpc) is 3.28. The minimum Gasteiger partial charge on any atom is -0.345 e. The van der Waals surface area contributed by atoms with E-state index in [1.165, 1.54) is 6.08 Å². The molecular formula is C13H14ClN3O4S. The Morgan fingerprint density at radius 2 is 1.77 bits per heavy atom. The molecule has 22 heavy (non-hydrogen) atoms. The Morgan fingerprint density at radius 1 is 1.14 bits per heavy atom. The zero-order valence-electron chi connectivity index (χ0n) is 11.4. The summed E-state index contributed by atoms with van der Waals surface area (Å²) in [6, 6.07) is 6.52. The molecule has 0 radical (unpaired) electrons. The topological polar surface area (TPSA) is 104 Å². The average molecular weight is 344 g/mol. The molecule has 3 N–H and O–H groups in total. The van der Waals surface area contributed by atoms with E-state index in [1.807, 2.05) is 10.3 Å². The molecule has 2 rings (SSSR count). The van der Waals surface area contributed by atoms with Crippen LogP contribution in [0.3, 0.4) is 0 Å². The molecule has 118 valence electrons. The molecule has 1 fully saturated rings. The number of hydrogen-bond donors (Lipinski definition) is 3. The van der Waals surface area contributed by atoms with Gasteiger partial charge in [0.25, 0.3) is 10.0 Å². The maximum absolute atomic E-state index is 11.7. The maximum atomic E-state index is 11.7. The lowest BCUT2D eigenvalue weighted by molar-refractivity contribution is -0.139. The third-order valence-corrected chi connectivity index (χ3v) is 3.87. The number of sulfonamides is 1. The van der Waals surface area contributed by atoms with Gasteiger partial charge in [0.1, 0.15) is 0 Å². The highest BCUT2D eigenvalue weighted by atomic mass is 35.5. The van der Waals surface area contributed by atoms with Gasteiger partial charge in [0, 0.05) is 16.5 Å². The number of nitrogens with one attached hydrogen (secondary N) is 3. The Balaban J connectivity index is 1.86. The van der Waals surface area contributed by atoms with Gasteiger partial charge in [-0.1, -0.05) is 23.7 Å². The Labute approximate surface area is 132 Å². The first-order chi connectivity index (χ1) is 10.4. The maximum Gasteiger partial charge on any atom is 0.324 e. The van der Waals surface area contributed by atoms with Crippen molar-refractivity contribution in [2.24, 2.45) is 0 Å². The summed E-state index contributed by atoms with van der Waals surface area (Å²) in [5.41, 5.74) is 2.46. The Morgan fingerprint density at radius 3 is 2.36 bits per heavy atom. The molecule has 1 aliphatic rings. The van der Waals surface area contributed by atoms with E-state index in [-0.39, 0.29) is 6.04 Å². The third kappa shape index (κ3) is 5.47. The van der Waals surface area contributed by atoms with Crippen LogP contribution in [0.4, 0.5) is 0 Å². The summed E-state index contributed by atoms with van der Waals surface area (Å²) in [4.78, 5) is 24.5. The lowest BCUT2D eigenvalue weighted by atomic mass is 10.2. The summed E-state index contributed by atoms with van der Waals surface area (Å²) in [5, 5.41) is 3.84. The largest absolute Gasteiger partial charge is 0.345 e. The van der Waals surface area contributed by atoms with Gasteiger partial charge in [0.05, 0.1) is 0 Å². The highest BCUT2D eigenvalue weighted by molar-refractivity contribution is 7.92. The molecule has 0 atom stereocenters. The van der Waals surface area contributed by atoms with Gasteiger partial charge in [0.2, 0.25) is 0 Å². The highest BCUT2D eigenvalue weighted by Gasteiger charge is 2.26. The van der Waals surface area contributed by atoms with Crippen LogP contribution in [0.1, 0.15) is 18.4 Å². The van der Waals surface area contributed by atoms with Crippen molar-refractivity contribution in [1.82, 2.24) is 15.6 Å². The summed E-state index contributed by atoms with van der Waals surface area (Å²) < 4.78 is 23.3. The van der Waals surface area contributed by atoms with Gasteiger partial charge < -0.3 is 5.32 Å². The molecule has 0 bridgehead atoms. The minimum absolute atomic E-state index is 0.0136. The quantitative estimate of drug-likeness (QED) is 0.536. The Bertz CT molecular complexity index is 697. The van der Waals surface area contributed by atoms with Gasteiger partial charge in [-0.2, -0.15) is 0 Å². The van der Waals surface area contributed by atoms with Crippen molar-refractivity contribution in [1.29, 1.82) is 0 Å². The fraction of sp³-hybridized carbons (Fsp3) is 0.231.